The number of amides is 1. The standard InChI is InChI=1S/C25H31N5O/c1-15-4-3-5-16(2)22(15)29-24-23(17-6-7-17)28-21-14-18(12-13-30(21)24)25(31)27-20-10-8-19(26)9-11-20/h3-5,12-14,17,19-20,29H,6-11,26H2,1-2H3,(H,27,31). The van der Waals surface area contributed by atoms with Crippen molar-refractivity contribution >= 4 is 23.1 Å². The number of nitrogens with zero attached hydrogens (tertiary/aromatic N) is 2. The molecule has 4 N–H and O–H groups in total. The average molecular weight is 418 g/mol. The summed E-state index contributed by atoms with van der Waals surface area (Å²) in [5.41, 5.74) is 12.1. The molecule has 162 valence electrons. The van der Waals surface area contributed by atoms with E-state index in [1.54, 1.807) is 0 Å². The Kier molecular flexibility index (Phi) is 5.18. The molecule has 5 rings (SSSR count). The van der Waals surface area contributed by atoms with E-state index >= 15 is 0 Å². The van der Waals surface area contributed by atoms with E-state index in [1.807, 2.05) is 18.3 Å². The Balaban J connectivity index is 1.44. The van der Waals surface area contributed by atoms with Crippen molar-refractivity contribution in [3.63, 3.8) is 0 Å². The lowest BCUT2D eigenvalue weighted by atomic mass is 9.91. The van der Waals surface area contributed by atoms with E-state index in [0.717, 1.165) is 48.5 Å². The predicted molar refractivity (Wildman–Crippen MR) is 124 cm³/mol. The minimum atomic E-state index is -0.0248. The number of rotatable bonds is 5. The predicted octanol–water partition coefficient (Wildman–Crippen LogP) is 4.57. The summed E-state index contributed by atoms with van der Waals surface area (Å²) in [6, 6.07) is 10.6. The fourth-order valence-electron chi connectivity index (χ4n) is 4.63. The van der Waals surface area contributed by atoms with Gasteiger partial charge in [-0.05, 0) is 75.6 Å². The third kappa shape index (κ3) is 4.04. The fourth-order valence-corrected chi connectivity index (χ4v) is 4.63. The number of pyridine rings is 1. The molecule has 0 unspecified atom stereocenters. The average Bonchev–Trinajstić information content (AvgIpc) is 3.54. The summed E-state index contributed by atoms with van der Waals surface area (Å²) in [6.07, 6.45) is 8.16. The Hall–Kier alpha value is -2.86. The zero-order chi connectivity index (χ0) is 21.5. The molecule has 2 heterocycles. The second-order valence-corrected chi connectivity index (χ2v) is 9.24. The number of aromatic nitrogens is 2. The molecule has 31 heavy (non-hydrogen) atoms. The molecule has 6 nitrogen and oxygen atoms in total. The summed E-state index contributed by atoms with van der Waals surface area (Å²) in [7, 11) is 0. The number of anilines is 2. The number of hydrogen-bond acceptors (Lipinski definition) is 4. The summed E-state index contributed by atoms with van der Waals surface area (Å²) >= 11 is 0. The molecule has 6 heteroatoms. The Morgan fingerprint density at radius 1 is 1.06 bits per heavy atom. The highest BCUT2D eigenvalue weighted by atomic mass is 16.1. The Bertz CT molecular complexity index is 1100. The number of carbonyl (C=O) groups excluding carboxylic acids is 1. The van der Waals surface area contributed by atoms with Gasteiger partial charge < -0.3 is 16.4 Å². The third-order valence-corrected chi connectivity index (χ3v) is 6.71. The molecule has 2 aromatic heterocycles. The molecule has 0 bridgehead atoms. The van der Waals surface area contributed by atoms with E-state index in [2.05, 4.69) is 47.1 Å². The number of aryl methyl sites for hydroxylation is 2. The molecule has 0 saturated heterocycles. The quantitative estimate of drug-likeness (QED) is 0.568. The number of benzene rings is 1. The number of nitrogens with one attached hydrogen (secondary N) is 2. The smallest absolute Gasteiger partial charge is 0.251 e. The molecular weight excluding hydrogens is 386 g/mol. The number of fused-ring (bicyclic) bond motifs is 1. The van der Waals surface area contributed by atoms with E-state index in [1.165, 1.54) is 24.0 Å². The Morgan fingerprint density at radius 3 is 2.45 bits per heavy atom. The molecular formula is C25H31N5O. The normalized spacial score (nSPS) is 21.3. The van der Waals surface area contributed by atoms with E-state index in [9.17, 15) is 4.79 Å². The van der Waals surface area contributed by atoms with Crippen LogP contribution in [0.15, 0.2) is 36.5 Å². The molecule has 0 aliphatic heterocycles. The first-order chi connectivity index (χ1) is 15.0. The molecule has 0 radical (unpaired) electrons. The minimum absolute atomic E-state index is 0.0248. The summed E-state index contributed by atoms with van der Waals surface area (Å²) in [5.74, 6) is 1.49. The van der Waals surface area contributed by atoms with Gasteiger partial charge in [0.1, 0.15) is 11.5 Å². The van der Waals surface area contributed by atoms with E-state index < -0.39 is 0 Å². The van der Waals surface area contributed by atoms with Gasteiger partial charge in [0.2, 0.25) is 0 Å². The summed E-state index contributed by atoms with van der Waals surface area (Å²) < 4.78 is 2.08. The van der Waals surface area contributed by atoms with Crippen molar-refractivity contribution < 1.29 is 4.79 Å². The molecule has 2 fully saturated rings. The van der Waals surface area contributed by atoms with Gasteiger partial charge in [-0.3, -0.25) is 9.20 Å². The number of imidazole rings is 1. The maximum atomic E-state index is 12.9. The highest BCUT2D eigenvalue weighted by Crippen LogP contribution is 2.44. The van der Waals surface area contributed by atoms with Gasteiger partial charge >= 0.3 is 0 Å². The molecule has 2 saturated carbocycles. The Labute approximate surface area is 183 Å². The van der Waals surface area contributed by atoms with Crippen LogP contribution in [0.5, 0.6) is 0 Å². The second kappa shape index (κ2) is 8.00. The van der Waals surface area contributed by atoms with Crippen LogP contribution in [0.2, 0.25) is 0 Å². The van der Waals surface area contributed by atoms with Crippen LogP contribution in [0.3, 0.4) is 0 Å². The summed E-state index contributed by atoms with van der Waals surface area (Å²) in [6.45, 7) is 4.24. The first-order valence-corrected chi connectivity index (χ1v) is 11.4. The van der Waals surface area contributed by atoms with Gasteiger partial charge in [-0.2, -0.15) is 0 Å². The van der Waals surface area contributed by atoms with Crippen LogP contribution < -0.4 is 16.4 Å². The van der Waals surface area contributed by atoms with Gasteiger partial charge in [0.15, 0.2) is 0 Å². The van der Waals surface area contributed by atoms with Crippen LogP contribution in [0.4, 0.5) is 11.5 Å². The number of nitrogens with two attached hydrogens (primary N) is 1. The van der Waals surface area contributed by atoms with Gasteiger partial charge in [-0.25, -0.2) is 4.98 Å². The maximum absolute atomic E-state index is 12.9. The van der Waals surface area contributed by atoms with Crippen molar-refractivity contribution in [1.82, 2.24) is 14.7 Å². The molecule has 1 aromatic carbocycles. The molecule has 0 spiro atoms. The summed E-state index contributed by atoms with van der Waals surface area (Å²) in [4.78, 5) is 17.8. The molecule has 1 amide bonds. The largest absolute Gasteiger partial charge is 0.349 e. The number of para-hydroxylation sites is 1. The van der Waals surface area contributed by atoms with Crippen molar-refractivity contribution in [2.75, 3.05) is 5.32 Å². The number of carbonyl (C=O) groups is 1. The highest BCUT2D eigenvalue weighted by molar-refractivity contribution is 5.95. The lowest BCUT2D eigenvalue weighted by Crippen LogP contribution is -2.40. The van der Waals surface area contributed by atoms with E-state index in [0.29, 0.717) is 11.5 Å². The van der Waals surface area contributed by atoms with Crippen LogP contribution in [0.25, 0.3) is 5.65 Å². The van der Waals surface area contributed by atoms with Gasteiger partial charge in [-0.15, -0.1) is 0 Å². The lowest BCUT2D eigenvalue weighted by molar-refractivity contribution is 0.0926. The van der Waals surface area contributed by atoms with Crippen LogP contribution in [-0.2, 0) is 0 Å². The molecule has 3 aromatic rings. The van der Waals surface area contributed by atoms with Crippen molar-refractivity contribution in [2.45, 2.75) is 70.4 Å². The maximum Gasteiger partial charge on any atom is 0.251 e. The van der Waals surface area contributed by atoms with Crippen LogP contribution in [0.1, 0.15) is 71.6 Å². The van der Waals surface area contributed by atoms with Crippen molar-refractivity contribution in [3.05, 3.63) is 58.9 Å². The van der Waals surface area contributed by atoms with Crippen LogP contribution in [0, 0.1) is 13.8 Å². The Morgan fingerprint density at radius 2 is 1.77 bits per heavy atom. The van der Waals surface area contributed by atoms with Gasteiger partial charge in [0.05, 0.1) is 5.69 Å². The fraction of sp³-hybridized carbons (Fsp3) is 0.440. The topological polar surface area (TPSA) is 84.5 Å². The third-order valence-electron chi connectivity index (χ3n) is 6.71. The van der Waals surface area contributed by atoms with E-state index in [4.69, 9.17) is 10.7 Å². The van der Waals surface area contributed by atoms with Crippen molar-refractivity contribution in [2.24, 2.45) is 5.73 Å². The monoisotopic (exact) mass is 417 g/mol. The molecule has 0 atom stereocenters. The minimum Gasteiger partial charge on any atom is -0.349 e. The zero-order valence-corrected chi connectivity index (χ0v) is 18.3. The van der Waals surface area contributed by atoms with E-state index in [-0.39, 0.29) is 18.0 Å². The highest BCUT2D eigenvalue weighted by Gasteiger charge is 2.31. The summed E-state index contributed by atoms with van der Waals surface area (Å²) in [5, 5.41) is 6.84. The van der Waals surface area contributed by atoms with Crippen molar-refractivity contribution in [1.29, 1.82) is 0 Å². The first-order valence-electron chi connectivity index (χ1n) is 11.4. The van der Waals surface area contributed by atoms with Crippen molar-refractivity contribution in [3.8, 4) is 0 Å². The van der Waals surface area contributed by atoms with Gasteiger partial charge in [0.25, 0.3) is 5.91 Å². The van der Waals surface area contributed by atoms with Crippen LogP contribution in [-0.4, -0.2) is 27.4 Å². The number of hydrogen-bond donors (Lipinski definition) is 3. The van der Waals surface area contributed by atoms with Crippen LogP contribution >= 0.6 is 0 Å². The lowest BCUT2D eigenvalue weighted by Gasteiger charge is -2.26. The van der Waals surface area contributed by atoms with Gasteiger partial charge in [0, 0.05) is 35.4 Å². The second-order valence-electron chi connectivity index (χ2n) is 9.24. The molecule has 2 aliphatic carbocycles. The SMILES string of the molecule is Cc1cccc(C)c1Nc1c(C2CC2)nc2cc(C(=O)NC3CCC(N)CC3)ccn12. The molecule has 2 aliphatic rings. The zero-order valence-electron chi connectivity index (χ0n) is 18.3. The van der Waals surface area contributed by atoms with Gasteiger partial charge in [-0.1, -0.05) is 18.2 Å². The first kappa shape index (κ1) is 20.1.